The third kappa shape index (κ3) is 4.10. The highest BCUT2D eigenvalue weighted by atomic mass is 32.2. The number of hydrogen-bond acceptors (Lipinski definition) is 3. The van der Waals surface area contributed by atoms with Crippen LogP contribution in [0, 0.1) is 5.82 Å². The van der Waals surface area contributed by atoms with E-state index in [1.54, 1.807) is 10.4 Å². The lowest BCUT2D eigenvalue weighted by Crippen LogP contribution is -2.29. The van der Waals surface area contributed by atoms with Crippen molar-refractivity contribution in [3.05, 3.63) is 65.5 Å². The molecule has 2 rings (SSSR count). The Labute approximate surface area is 135 Å². The highest BCUT2D eigenvalue weighted by molar-refractivity contribution is 8.00. The van der Waals surface area contributed by atoms with Gasteiger partial charge < -0.3 is 4.74 Å². The van der Waals surface area contributed by atoms with Gasteiger partial charge in [-0.05, 0) is 35.7 Å². The summed E-state index contributed by atoms with van der Waals surface area (Å²) in [5.74, 6) is 2.31. The number of rotatable bonds is 5. The average Bonchev–Trinajstić information content (AvgIpc) is 2.51. The van der Waals surface area contributed by atoms with Gasteiger partial charge in [0.05, 0.1) is 19.2 Å². The van der Waals surface area contributed by atoms with E-state index >= 15 is 0 Å². The first-order valence-corrected chi connectivity index (χ1v) is 8.94. The lowest BCUT2D eigenvalue weighted by molar-refractivity contribution is 0.0595. The van der Waals surface area contributed by atoms with E-state index in [0.717, 1.165) is 5.69 Å². The lowest BCUT2D eigenvalue weighted by atomic mass is 10.1. The maximum Gasteiger partial charge on any atom is 0.340 e. The van der Waals surface area contributed by atoms with Gasteiger partial charge in [-0.1, -0.05) is 24.3 Å². The van der Waals surface area contributed by atoms with E-state index in [9.17, 15) is 13.4 Å². The molecule has 0 aliphatic rings. The zero-order valence-corrected chi connectivity index (χ0v) is 13.8. The molecular formula is C17H18FNO3S. The summed E-state index contributed by atoms with van der Waals surface area (Å²) >= 11 is 0. The van der Waals surface area contributed by atoms with Crippen LogP contribution in [0.4, 0.5) is 10.1 Å². The SMILES string of the molecule is C=S(C)(=O)N(Cc1ccc(C(=O)OC)c(F)c1)c1ccccc1. The van der Waals surface area contributed by atoms with Crippen molar-refractivity contribution in [2.45, 2.75) is 6.54 Å². The summed E-state index contributed by atoms with van der Waals surface area (Å²) in [5.41, 5.74) is 1.18. The number of nitrogens with zero attached hydrogens (tertiary/aromatic N) is 1. The van der Waals surface area contributed by atoms with Crippen molar-refractivity contribution in [3.63, 3.8) is 0 Å². The predicted molar refractivity (Wildman–Crippen MR) is 91.6 cm³/mol. The van der Waals surface area contributed by atoms with Gasteiger partial charge in [0, 0.05) is 21.7 Å². The Morgan fingerprint density at radius 3 is 2.43 bits per heavy atom. The van der Waals surface area contributed by atoms with Gasteiger partial charge in [0.1, 0.15) is 5.82 Å². The molecule has 0 heterocycles. The van der Waals surface area contributed by atoms with Crippen molar-refractivity contribution in [2.24, 2.45) is 0 Å². The fraction of sp³-hybridized carbons (Fsp3) is 0.176. The van der Waals surface area contributed by atoms with Crippen LogP contribution in [0.25, 0.3) is 0 Å². The molecule has 2 aromatic carbocycles. The molecule has 6 heteroatoms. The zero-order valence-electron chi connectivity index (χ0n) is 13.0. The summed E-state index contributed by atoms with van der Waals surface area (Å²) in [4.78, 5) is 11.4. The Morgan fingerprint density at radius 2 is 1.91 bits per heavy atom. The Kier molecular flexibility index (Phi) is 5.05. The van der Waals surface area contributed by atoms with E-state index in [-0.39, 0.29) is 12.1 Å². The van der Waals surface area contributed by atoms with Crippen molar-refractivity contribution < 1.29 is 18.1 Å². The second-order valence-corrected chi connectivity index (χ2v) is 7.50. The van der Waals surface area contributed by atoms with E-state index in [0.29, 0.717) is 5.56 Å². The molecule has 0 spiro atoms. The number of para-hydroxylation sites is 1. The minimum Gasteiger partial charge on any atom is -0.465 e. The summed E-state index contributed by atoms with van der Waals surface area (Å²) in [5, 5.41) is 0. The van der Waals surface area contributed by atoms with E-state index in [4.69, 9.17) is 0 Å². The van der Waals surface area contributed by atoms with Gasteiger partial charge in [-0.3, -0.25) is 4.31 Å². The molecule has 0 saturated carbocycles. The minimum absolute atomic E-state index is 0.130. The quantitative estimate of drug-likeness (QED) is 0.623. The molecule has 23 heavy (non-hydrogen) atoms. The van der Waals surface area contributed by atoms with Gasteiger partial charge in [-0.25, -0.2) is 13.4 Å². The van der Waals surface area contributed by atoms with Crippen molar-refractivity contribution in [3.8, 4) is 0 Å². The van der Waals surface area contributed by atoms with Crippen LogP contribution in [-0.4, -0.2) is 29.4 Å². The van der Waals surface area contributed by atoms with E-state index in [2.05, 4.69) is 10.6 Å². The van der Waals surface area contributed by atoms with Crippen LogP contribution in [-0.2, 0) is 21.0 Å². The average molecular weight is 335 g/mol. The van der Waals surface area contributed by atoms with Gasteiger partial charge in [0.15, 0.2) is 0 Å². The number of esters is 1. The number of anilines is 1. The van der Waals surface area contributed by atoms with Crippen LogP contribution >= 0.6 is 0 Å². The smallest absolute Gasteiger partial charge is 0.340 e. The normalized spacial score (nSPS) is 13.2. The summed E-state index contributed by atoms with van der Waals surface area (Å²) in [7, 11) is -1.34. The number of hydrogen-bond donors (Lipinski definition) is 0. The second kappa shape index (κ2) is 6.83. The molecule has 1 atom stereocenters. The molecular weight excluding hydrogens is 317 g/mol. The largest absolute Gasteiger partial charge is 0.465 e. The molecule has 0 bridgehead atoms. The molecule has 122 valence electrons. The molecule has 0 fully saturated rings. The summed E-state index contributed by atoms with van der Waals surface area (Å²) in [6, 6.07) is 13.3. The van der Waals surface area contributed by atoms with Crippen molar-refractivity contribution >= 4 is 27.2 Å². The fourth-order valence-electron chi connectivity index (χ4n) is 2.14. The highest BCUT2D eigenvalue weighted by Gasteiger charge is 2.16. The molecule has 2 aromatic rings. The number of ether oxygens (including phenoxy) is 1. The van der Waals surface area contributed by atoms with Gasteiger partial charge in [-0.2, -0.15) is 0 Å². The molecule has 1 unspecified atom stereocenters. The maximum atomic E-state index is 14.0. The topological polar surface area (TPSA) is 46.6 Å². The summed E-state index contributed by atoms with van der Waals surface area (Å²) in [6.07, 6.45) is 1.53. The fourth-order valence-corrected chi connectivity index (χ4v) is 3.13. The van der Waals surface area contributed by atoms with Crippen LogP contribution < -0.4 is 4.31 Å². The molecule has 0 aliphatic carbocycles. The first kappa shape index (κ1) is 17.0. The summed E-state index contributed by atoms with van der Waals surface area (Å²) in [6.45, 7) is 0.210. The lowest BCUT2D eigenvalue weighted by Gasteiger charge is -2.26. The van der Waals surface area contributed by atoms with Crippen LogP contribution in [0.3, 0.4) is 0 Å². The van der Waals surface area contributed by atoms with Crippen molar-refractivity contribution in [1.82, 2.24) is 0 Å². The Balaban J connectivity index is 2.35. The van der Waals surface area contributed by atoms with Crippen LogP contribution in [0.1, 0.15) is 15.9 Å². The van der Waals surface area contributed by atoms with Gasteiger partial charge in [0.25, 0.3) is 0 Å². The van der Waals surface area contributed by atoms with Crippen LogP contribution in [0.15, 0.2) is 48.5 Å². The molecule has 0 aromatic heterocycles. The van der Waals surface area contributed by atoms with Crippen molar-refractivity contribution in [1.29, 1.82) is 0 Å². The molecule has 0 radical (unpaired) electrons. The van der Waals surface area contributed by atoms with E-state index in [1.807, 2.05) is 30.3 Å². The minimum atomic E-state index is -2.54. The zero-order chi connectivity index (χ0) is 17.0. The first-order valence-electron chi connectivity index (χ1n) is 6.84. The van der Waals surface area contributed by atoms with Gasteiger partial charge in [-0.15, -0.1) is 0 Å². The van der Waals surface area contributed by atoms with Crippen LogP contribution in [0.5, 0.6) is 0 Å². The highest BCUT2D eigenvalue weighted by Crippen LogP contribution is 2.21. The number of carbonyl (C=O) groups is 1. The Bertz CT molecular complexity index is 804. The number of methoxy groups -OCH3 is 1. The second-order valence-electron chi connectivity index (χ2n) is 5.14. The molecule has 0 saturated heterocycles. The van der Waals surface area contributed by atoms with E-state index < -0.39 is 21.5 Å². The standard InChI is InChI=1S/C17H18FNO3S/c1-22-17(20)15-10-9-13(11-16(15)18)12-19(23(2,3)21)14-7-5-4-6-8-14/h4-11H,2,12H2,1,3H3. The summed E-state index contributed by atoms with van der Waals surface area (Å²) < 4.78 is 32.6. The van der Waals surface area contributed by atoms with Gasteiger partial charge >= 0.3 is 5.97 Å². The molecule has 0 aliphatic heterocycles. The number of benzene rings is 2. The Morgan fingerprint density at radius 1 is 1.26 bits per heavy atom. The third-order valence-electron chi connectivity index (χ3n) is 3.28. The van der Waals surface area contributed by atoms with Crippen LogP contribution in [0.2, 0.25) is 0 Å². The Hall–Kier alpha value is -2.34. The number of carbonyl (C=O) groups excluding carboxylic acids is 1. The van der Waals surface area contributed by atoms with Crippen molar-refractivity contribution in [2.75, 3.05) is 17.7 Å². The molecule has 0 amide bonds. The number of halogens is 1. The maximum absolute atomic E-state index is 14.0. The monoisotopic (exact) mass is 335 g/mol. The molecule has 4 nitrogen and oxygen atoms in total. The van der Waals surface area contributed by atoms with E-state index in [1.165, 1.54) is 25.5 Å². The first-order chi connectivity index (χ1) is 10.8. The van der Waals surface area contributed by atoms with Gasteiger partial charge in [0.2, 0.25) is 0 Å². The molecule has 0 N–H and O–H groups in total. The predicted octanol–water partition coefficient (Wildman–Crippen LogP) is 2.88. The third-order valence-corrected chi connectivity index (χ3v) is 4.55.